The van der Waals surface area contributed by atoms with E-state index in [0.29, 0.717) is 13.7 Å². The molecule has 0 saturated carbocycles. The maximum atomic E-state index is 12.6. The summed E-state index contributed by atoms with van der Waals surface area (Å²) < 4.78 is 26.5. The summed E-state index contributed by atoms with van der Waals surface area (Å²) in [5, 5.41) is 11.3. The summed E-state index contributed by atoms with van der Waals surface area (Å²) in [5.74, 6) is 0.115. The zero-order valence-electron chi connectivity index (χ0n) is 6.80. The summed E-state index contributed by atoms with van der Waals surface area (Å²) in [5.41, 5.74) is 0.0504. The Morgan fingerprint density at radius 3 is 2.71 bits per heavy atom. The minimum Gasteiger partial charge on any atom is -0.508 e. The van der Waals surface area contributed by atoms with Crippen LogP contribution in [0.5, 0.6) is 5.75 Å². The van der Waals surface area contributed by atoms with E-state index in [4.69, 9.17) is 0 Å². The fourth-order valence-electron chi connectivity index (χ4n) is 1.29. The molecule has 0 aliphatic rings. The van der Waals surface area contributed by atoms with Crippen LogP contribution >= 0.6 is 33.9 Å². The molecule has 1 nitrogen and oxygen atoms in total. The van der Waals surface area contributed by atoms with Crippen LogP contribution in [0.1, 0.15) is 12.0 Å². The number of aromatic hydroxyl groups is 1. The van der Waals surface area contributed by atoms with Crippen LogP contribution in [0.4, 0.5) is 8.78 Å². The van der Waals surface area contributed by atoms with Crippen molar-refractivity contribution in [3.05, 3.63) is 26.6 Å². The Balaban J connectivity index is 2.79. The molecule has 0 amide bonds. The first-order valence-corrected chi connectivity index (χ1v) is 5.73. The first-order valence-electron chi connectivity index (χ1n) is 3.77. The molecule has 5 heteroatoms. The summed E-state index contributed by atoms with van der Waals surface area (Å²) in [4.78, 5) is 0. The molecular formula is C9H5F2IOS. The van der Waals surface area contributed by atoms with Gasteiger partial charge in [-0.1, -0.05) is 0 Å². The lowest BCUT2D eigenvalue weighted by atomic mass is 10.2. The minimum absolute atomic E-state index is 0.0504. The Labute approximate surface area is 96.5 Å². The molecule has 0 aliphatic carbocycles. The van der Waals surface area contributed by atoms with E-state index in [9.17, 15) is 13.9 Å². The monoisotopic (exact) mass is 326 g/mol. The van der Waals surface area contributed by atoms with Gasteiger partial charge in [0.2, 0.25) is 0 Å². The summed E-state index contributed by atoms with van der Waals surface area (Å²) in [7, 11) is 0. The van der Waals surface area contributed by atoms with Crippen molar-refractivity contribution >= 4 is 44.0 Å². The molecule has 2 rings (SSSR count). The molecule has 1 aromatic carbocycles. The Morgan fingerprint density at radius 2 is 2.07 bits per heavy atom. The second-order valence-electron chi connectivity index (χ2n) is 2.79. The van der Waals surface area contributed by atoms with Gasteiger partial charge >= 0.3 is 0 Å². The number of alkyl halides is 2. The lowest BCUT2D eigenvalue weighted by Crippen LogP contribution is -1.83. The summed E-state index contributed by atoms with van der Waals surface area (Å²) in [6.07, 6.45) is -2.46. The van der Waals surface area contributed by atoms with E-state index in [1.807, 2.05) is 22.6 Å². The van der Waals surface area contributed by atoms with Gasteiger partial charge in [-0.25, -0.2) is 8.78 Å². The lowest BCUT2D eigenvalue weighted by molar-refractivity contribution is 0.153. The summed E-state index contributed by atoms with van der Waals surface area (Å²) in [6.45, 7) is 0. The van der Waals surface area contributed by atoms with Crippen LogP contribution in [0.2, 0.25) is 0 Å². The Morgan fingerprint density at radius 1 is 1.36 bits per heavy atom. The third-order valence-corrected chi connectivity index (χ3v) is 3.67. The second kappa shape index (κ2) is 3.62. The molecule has 0 unspecified atom stereocenters. The van der Waals surface area contributed by atoms with E-state index in [0.717, 1.165) is 0 Å². The summed E-state index contributed by atoms with van der Waals surface area (Å²) in [6, 6.07) is 3.00. The van der Waals surface area contributed by atoms with Crippen molar-refractivity contribution < 1.29 is 13.9 Å². The molecule has 0 radical (unpaired) electrons. The van der Waals surface area contributed by atoms with Gasteiger partial charge in [-0.3, -0.25) is 0 Å². The van der Waals surface area contributed by atoms with Crippen molar-refractivity contribution in [2.45, 2.75) is 6.43 Å². The lowest BCUT2D eigenvalue weighted by Gasteiger charge is -2.00. The number of hydrogen-bond donors (Lipinski definition) is 1. The highest BCUT2D eigenvalue weighted by Gasteiger charge is 2.16. The predicted octanol–water partition coefficient (Wildman–Crippen LogP) is 4.15. The number of hydrogen-bond acceptors (Lipinski definition) is 2. The van der Waals surface area contributed by atoms with Crippen molar-refractivity contribution in [2.24, 2.45) is 0 Å². The van der Waals surface area contributed by atoms with Gasteiger partial charge in [0.15, 0.2) is 0 Å². The third kappa shape index (κ3) is 1.58. The number of benzene rings is 1. The number of thiophene rings is 1. The van der Waals surface area contributed by atoms with Gasteiger partial charge in [-0.05, 0) is 34.7 Å². The van der Waals surface area contributed by atoms with Crippen molar-refractivity contribution in [3.8, 4) is 5.75 Å². The van der Waals surface area contributed by atoms with Gasteiger partial charge in [-0.2, -0.15) is 0 Å². The Kier molecular flexibility index (Phi) is 2.61. The van der Waals surface area contributed by atoms with Gasteiger partial charge in [0.05, 0.1) is 0 Å². The molecule has 1 aromatic heterocycles. The first-order chi connectivity index (χ1) is 6.59. The van der Waals surface area contributed by atoms with E-state index >= 15 is 0 Å². The molecule has 1 N–H and O–H groups in total. The number of phenolic OH excluding ortho intramolecular Hbond substituents is 1. The Hall–Kier alpha value is -0.430. The van der Waals surface area contributed by atoms with E-state index < -0.39 is 6.43 Å². The smallest absolute Gasteiger partial charge is 0.265 e. The van der Waals surface area contributed by atoms with Crippen LogP contribution in [0.25, 0.3) is 10.1 Å². The molecule has 74 valence electrons. The van der Waals surface area contributed by atoms with Gasteiger partial charge < -0.3 is 5.11 Å². The number of halogens is 3. The standard InChI is InChI=1S/C9H5F2IOS/c10-9(11)5-3-14-7-2-4(13)1-6(12)8(5)7/h1-3,9,13H. The maximum absolute atomic E-state index is 12.6. The van der Waals surface area contributed by atoms with Gasteiger partial charge in [0, 0.05) is 24.6 Å². The molecule has 2 aromatic rings. The predicted molar refractivity (Wildman–Crippen MR) is 61.2 cm³/mol. The molecule has 0 bridgehead atoms. The highest BCUT2D eigenvalue weighted by Crippen LogP contribution is 2.37. The first kappa shape index (κ1) is 10.1. The molecular weight excluding hydrogens is 321 g/mol. The number of rotatable bonds is 1. The normalized spacial score (nSPS) is 11.4. The Bertz CT molecular complexity index is 481. The van der Waals surface area contributed by atoms with Crippen molar-refractivity contribution in [1.29, 1.82) is 0 Å². The van der Waals surface area contributed by atoms with Crippen molar-refractivity contribution in [2.75, 3.05) is 0 Å². The van der Waals surface area contributed by atoms with E-state index in [1.165, 1.54) is 28.8 Å². The number of fused-ring (bicyclic) bond motifs is 1. The molecule has 0 saturated heterocycles. The van der Waals surface area contributed by atoms with E-state index in [1.54, 1.807) is 0 Å². The average Bonchev–Trinajstić information content (AvgIpc) is 2.47. The van der Waals surface area contributed by atoms with Crippen LogP contribution in [0.15, 0.2) is 17.5 Å². The van der Waals surface area contributed by atoms with Gasteiger partial charge in [0.25, 0.3) is 6.43 Å². The second-order valence-corrected chi connectivity index (χ2v) is 4.87. The zero-order valence-corrected chi connectivity index (χ0v) is 9.77. The van der Waals surface area contributed by atoms with Crippen LogP contribution in [0.3, 0.4) is 0 Å². The van der Waals surface area contributed by atoms with E-state index in [-0.39, 0.29) is 11.3 Å². The third-order valence-electron chi connectivity index (χ3n) is 1.88. The van der Waals surface area contributed by atoms with E-state index in [2.05, 4.69) is 0 Å². The van der Waals surface area contributed by atoms with Crippen LogP contribution in [0, 0.1) is 3.57 Å². The quantitative estimate of drug-likeness (QED) is 0.781. The fourth-order valence-corrected chi connectivity index (χ4v) is 3.40. The molecule has 14 heavy (non-hydrogen) atoms. The van der Waals surface area contributed by atoms with Crippen LogP contribution in [-0.4, -0.2) is 5.11 Å². The SMILES string of the molecule is Oc1cc(I)c2c(C(F)F)csc2c1. The molecule has 0 aliphatic heterocycles. The minimum atomic E-state index is -2.46. The van der Waals surface area contributed by atoms with Crippen LogP contribution < -0.4 is 0 Å². The topological polar surface area (TPSA) is 20.2 Å². The molecule has 0 atom stereocenters. The highest BCUT2D eigenvalue weighted by atomic mass is 127. The van der Waals surface area contributed by atoms with Crippen molar-refractivity contribution in [1.82, 2.24) is 0 Å². The van der Waals surface area contributed by atoms with Gasteiger partial charge in [0.1, 0.15) is 5.75 Å². The largest absolute Gasteiger partial charge is 0.508 e. The van der Waals surface area contributed by atoms with Crippen LogP contribution in [-0.2, 0) is 0 Å². The summed E-state index contributed by atoms with van der Waals surface area (Å²) >= 11 is 3.18. The number of phenols is 1. The molecule has 0 fully saturated rings. The van der Waals surface area contributed by atoms with Crippen molar-refractivity contribution in [3.63, 3.8) is 0 Å². The average molecular weight is 326 g/mol. The van der Waals surface area contributed by atoms with Gasteiger partial charge in [-0.15, -0.1) is 11.3 Å². The maximum Gasteiger partial charge on any atom is 0.265 e. The zero-order chi connectivity index (χ0) is 10.3. The molecule has 1 heterocycles. The highest BCUT2D eigenvalue weighted by molar-refractivity contribution is 14.1. The fraction of sp³-hybridized carbons (Fsp3) is 0.111. The molecule has 0 spiro atoms.